The monoisotopic (exact) mass is 337 g/mol. The van der Waals surface area contributed by atoms with Crippen molar-refractivity contribution in [3.8, 4) is 5.75 Å². The minimum Gasteiger partial charge on any atom is -0.494 e. The Morgan fingerprint density at radius 2 is 2.00 bits per heavy atom. The van der Waals surface area contributed by atoms with Gasteiger partial charge in [-0.25, -0.2) is 14.8 Å². The number of nitrogens with zero attached hydrogens (tertiary/aromatic N) is 2. The Balaban J connectivity index is 1.49. The lowest BCUT2D eigenvalue weighted by Gasteiger charge is -2.10. The third-order valence-corrected chi connectivity index (χ3v) is 3.72. The highest BCUT2D eigenvalue weighted by atomic mass is 16.5. The Morgan fingerprint density at radius 3 is 2.84 bits per heavy atom. The second kappa shape index (κ2) is 8.10. The van der Waals surface area contributed by atoms with E-state index in [9.17, 15) is 4.79 Å². The Labute approximate surface area is 145 Å². The Bertz CT molecular complexity index is 867. The molecular weight excluding hydrogens is 318 g/mol. The lowest BCUT2D eigenvalue weighted by molar-refractivity contribution is 0.0601. The number of methoxy groups -OCH3 is 1. The largest absolute Gasteiger partial charge is 0.494 e. The van der Waals surface area contributed by atoms with Crippen LogP contribution in [0.25, 0.3) is 10.8 Å². The van der Waals surface area contributed by atoms with Crippen LogP contribution in [0.4, 0.5) is 5.82 Å². The maximum atomic E-state index is 11.6. The number of carbonyl (C=O) groups is 1. The number of rotatable bonds is 7. The van der Waals surface area contributed by atoms with Crippen molar-refractivity contribution in [2.45, 2.75) is 6.42 Å². The summed E-state index contributed by atoms with van der Waals surface area (Å²) in [6, 6.07) is 14.2. The van der Waals surface area contributed by atoms with E-state index >= 15 is 0 Å². The lowest BCUT2D eigenvalue weighted by atomic mass is 10.1. The third kappa shape index (κ3) is 4.23. The van der Waals surface area contributed by atoms with Gasteiger partial charge in [-0.3, -0.25) is 0 Å². The molecule has 3 aromatic rings. The van der Waals surface area contributed by atoms with Crippen molar-refractivity contribution in [1.82, 2.24) is 9.97 Å². The fourth-order valence-corrected chi connectivity index (χ4v) is 2.46. The summed E-state index contributed by atoms with van der Waals surface area (Å²) < 4.78 is 10.5. The fourth-order valence-electron chi connectivity index (χ4n) is 2.46. The predicted octanol–water partition coefficient (Wildman–Crippen LogP) is 3.30. The molecule has 6 heteroatoms. The molecule has 1 aromatic heterocycles. The van der Waals surface area contributed by atoms with Crippen molar-refractivity contribution in [1.29, 1.82) is 0 Å². The minimum atomic E-state index is -0.462. The van der Waals surface area contributed by atoms with E-state index in [1.807, 2.05) is 30.3 Å². The molecule has 0 unspecified atom stereocenters. The van der Waals surface area contributed by atoms with Crippen LogP contribution >= 0.6 is 0 Å². The van der Waals surface area contributed by atoms with Crippen molar-refractivity contribution in [3.63, 3.8) is 0 Å². The van der Waals surface area contributed by atoms with Crippen molar-refractivity contribution in [2.24, 2.45) is 0 Å². The van der Waals surface area contributed by atoms with E-state index in [1.165, 1.54) is 25.0 Å². The summed E-state index contributed by atoms with van der Waals surface area (Å²) in [6.07, 6.45) is 3.59. The summed E-state index contributed by atoms with van der Waals surface area (Å²) in [5.41, 5.74) is 0.320. The predicted molar refractivity (Wildman–Crippen MR) is 95.9 cm³/mol. The summed E-state index contributed by atoms with van der Waals surface area (Å²) in [5, 5.41) is 5.46. The first kappa shape index (κ1) is 16.7. The average molecular weight is 337 g/mol. The van der Waals surface area contributed by atoms with Gasteiger partial charge in [-0.15, -0.1) is 0 Å². The molecule has 25 heavy (non-hydrogen) atoms. The van der Waals surface area contributed by atoms with E-state index in [0.29, 0.717) is 24.5 Å². The SMILES string of the molecule is COC(=O)c1cncnc1NCCCOc1ccc2ccccc2c1. The molecule has 0 saturated heterocycles. The zero-order valence-electron chi connectivity index (χ0n) is 13.9. The van der Waals surface area contributed by atoms with Gasteiger partial charge in [0.1, 0.15) is 23.5 Å². The number of aromatic nitrogens is 2. The molecule has 0 radical (unpaired) electrons. The number of esters is 1. The molecule has 0 bridgehead atoms. The van der Waals surface area contributed by atoms with Crippen molar-refractivity contribution < 1.29 is 14.3 Å². The highest BCUT2D eigenvalue weighted by molar-refractivity contribution is 5.94. The molecule has 0 aliphatic heterocycles. The van der Waals surface area contributed by atoms with Crippen LogP contribution in [-0.2, 0) is 4.74 Å². The molecule has 0 amide bonds. The number of hydrogen-bond acceptors (Lipinski definition) is 6. The van der Waals surface area contributed by atoms with Crippen LogP contribution in [0.15, 0.2) is 55.0 Å². The number of carbonyl (C=O) groups excluding carboxylic acids is 1. The summed E-state index contributed by atoms with van der Waals surface area (Å²) >= 11 is 0. The molecule has 128 valence electrons. The molecule has 6 nitrogen and oxygen atoms in total. The summed E-state index contributed by atoms with van der Waals surface area (Å²) in [6.45, 7) is 1.18. The molecular formula is C19H19N3O3. The van der Waals surface area contributed by atoms with Crippen LogP contribution < -0.4 is 10.1 Å². The van der Waals surface area contributed by atoms with Gasteiger partial charge in [0, 0.05) is 12.7 Å². The second-order valence-electron chi connectivity index (χ2n) is 5.41. The van der Waals surface area contributed by atoms with Gasteiger partial charge >= 0.3 is 5.97 Å². The number of anilines is 1. The summed E-state index contributed by atoms with van der Waals surface area (Å²) in [5.74, 6) is 0.846. The molecule has 0 aliphatic rings. The standard InChI is InChI=1S/C19H19N3O3/c1-24-19(23)17-12-20-13-22-18(17)21-9-4-10-25-16-8-7-14-5-2-3-6-15(14)11-16/h2-3,5-8,11-13H,4,9-10H2,1H3,(H,20,21,22). The molecule has 0 saturated carbocycles. The van der Waals surface area contributed by atoms with E-state index in [0.717, 1.165) is 17.6 Å². The summed E-state index contributed by atoms with van der Waals surface area (Å²) in [4.78, 5) is 19.6. The van der Waals surface area contributed by atoms with Gasteiger partial charge in [0.2, 0.25) is 0 Å². The van der Waals surface area contributed by atoms with E-state index in [2.05, 4.69) is 27.4 Å². The number of hydrogen-bond donors (Lipinski definition) is 1. The van der Waals surface area contributed by atoms with Gasteiger partial charge in [0.25, 0.3) is 0 Å². The highest BCUT2D eigenvalue weighted by Crippen LogP contribution is 2.20. The van der Waals surface area contributed by atoms with Gasteiger partial charge in [0.15, 0.2) is 0 Å². The van der Waals surface area contributed by atoms with Crippen LogP contribution in [0, 0.1) is 0 Å². The lowest BCUT2D eigenvalue weighted by Crippen LogP contribution is -2.13. The molecule has 0 spiro atoms. The Kier molecular flexibility index (Phi) is 5.41. The maximum Gasteiger partial charge on any atom is 0.343 e. The topological polar surface area (TPSA) is 73.3 Å². The van der Waals surface area contributed by atoms with Crippen molar-refractivity contribution >= 4 is 22.6 Å². The van der Waals surface area contributed by atoms with E-state index in [1.54, 1.807) is 0 Å². The molecule has 3 rings (SSSR count). The van der Waals surface area contributed by atoms with Crippen LogP contribution in [-0.4, -0.2) is 36.2 Å². The average Bonchev–Trinajstić information content (AvgIpc) is 2.67. The van der Waals surface area contributed by atoms with Crippen LogP contribution in [0.3, 0.4) is 0 Å². The quantitative estimate of drug-likeness (QED) is 0.527. The normalized spacial score (nSPS) is 10.4. The first-order chi connectivity index (χ1) is 12.3. The van der Waals surface area contributed by atoms with E-state index < -0.39 is 5.97 Å². The Morgan fingerprint density at radius 1 is 1.16 bits per heavy atom. The molecule has 0 aliphatic carbocycles. The van der Waals surface area contributed by atoms with E-state index in [-0.39, 0.29) is 0 Å². The minimum absolute atomic E-state index is 0.320. The third-order valence-electron chi connectivity index (χ3n) is 3.72. The zero-order chi connectivity index (χ0) is 17.5. The molecule has 1 heterocycles. The van der Waals surface area contributed by atoms with Gasteiger partial charge in [-0.2, -0.15) is 0 Å². The number of benzene rings is 2. The summed E-state index contributed by atoms with van der Waals surface area (Å²) in [7, 11) is 1.33. The first-order valence-corrected chi connectivity index (χ1v) is 8.02. The number of ether oxygens (including phenoxy) is 2. The van der Waals surface area contributed by atoms with E-state index in [4.69, 9.17) is 9.47 Å². The van der Waals surface area contributed by atoms with Crippen molar-refractivity contribution in [3.05, 3.63) is 60.6 Å². The van der Waals surface area contributed by atoms with Crippen LogP contribution in [0.2, 0.25) is 0 Å². The van der Waals surface area contributed by atoms with Gasteiger partial charge in [0.05, 0.1) is 13.7 Å². The zero-order valence-corrected chi connectivity index (χ0v) is 13.9. The number of fused-ring (bicyclic) bond motifs is 1. The molecule has 0 atom stereocenters. The smallest absolute Gasteiger partial charge is 0.343 e. The highest BCUT2D eigenvalue weighted by Gasteiger charge is 2.12. The molecule has 1 N–H and O–H groups in total. The first-order valence-electron chi connectivity index (χ1n) is 8.02. The number of nitrogens with one attached hydrogen (secondary N) is 1. The molecule has 2 aromatic carbocycles. The van der Waals surface area contributed by atoms with Gasteiger partial charge in [-0.05, 0) is 29.3 Å². The van der Waals surface area contributed by atoms with Crippen molar-refractivity contribution in [2.75, 3.05) is 25.6 Å². The molecule has 0 fully saturated rings. The van der Waals surface area contributed by atoms with Crippen LogP contribution in [0.1, 0.15) is 16.8 Å². The van der Waals surface area contributed by atoms with Gasteiger partial charge in [-0.1, -0.05) is 30.3 Å². The maximum absolute atomic E-state index is 11.6. The van der Waals surface area contributed by atoms with Crippen LogP contribution in [0.5, 0.6) is 5.75 Å². The second-order valence-corrected chi connectivity index (χ2v) is 5.41. The Hall–Kier alpha value is -3.15. The van der Waals surface area contributed by atoms with Gasteiger partial charge < -0.3 is 14.8 Å². The fraction of sp³-hybridized carbons (Fsp3) is 0.211.